The monoisotopic (exact) mass is 320 g/mol. The van der Waals surface area contributed by atoms with Gasteiger partial charge in [0.25, 0.3) is 0 Å². The van der Waals surface area contributed by atoms with Crippen molar-refractivity contribution in [3.63, 3.8) is 0 Å². The zero-order valence-electron chi connectivity index (χ0n) is 13.2. The molecule has 2 aromatic carbocycles. The fraction of sp³-hybridized carbons (Fsp3) is 0.167. The van der Waals surface area contributed by atoms with Crippen LogP contribution in [0, 0.1) is 0 Å². The van der Waals surface area contributed by atoms with Crippen molar-refractivity contribution in [2.45, 2.75) is 12.5 Å². The molecule has 7 N–H and O–H groups in total. The molecule has 122 valence electrons. The summed E-state index contributed by atoms with van der Waals surface area (Å²) in [5.74, 6) is 11.3. The van der Waals surface area contributed by atoms with E-state index in [1.807, 2.05) is 12.1 Å². The van der Waals surface area contributed by atoms with Crippen LogP contribution in [0.5, 0.6) is 0 Å². The average Bonchev–Trinajstić information content (AvgIpc) is 3.02. The molecule has 24 heavy (non-hydrogen) atoms. The summed E-state index contributed by atoms with van der Waals surface area (Å²) in [6, 6.07) is 16.7. The summed E-state index contributed by atoms with van der Waals surface area (Å²) in [4.78, 5) is 3.58. The predicted molar refractivity (Wildman–Crippen MR) is 96.3 cm³/mol. The number of nitrogens with one attached hydrogen (secondary N) is 3. The number of rotatable bonds is 2. The van der Waals surface area contributed by atoms with Gasteiger partial charge >= 0.3 is 0 Å². The highest BCUT2D eigenvalue weighted by Crippen LogP contribution is 2.33. The molecule has 0 aliphatic carbocycles. The fourth-order valence-corrected chi connectivity index (χ4v) is 3.53. The third-order valence-corrected chi connectivity index (χ3v) is 4.62. The Bertz CT molecular complexity index is 911. The summed E-state index contributed by atoms with van der Waals surface area (Å²) in [6.07, 6.45) is 1.02. The zero-order chi connectivity index (χ0) is 16.5. The molecule has 1 aliphatic rings. The summed E-state index contributed by atoms with van der Waals surface area (Å²) >= 11 is 0. The van der Waals surface area contributed by atoms with Gasteiger partial charge in [0, 0.05) is 28.7 Å². The standard InChI is InChI=1S/C18H20N6/c19-23-18(24-20)12-5-3-4-11(10-12)16-17-14(8-9-21-16)13-6-1-2-7-15(13)22-17/h1-7,10,16,21-22H,8-9,19-20H2,(H,23,24). The van der Waals surface area contributed by atoms with Gasteiger partial charge in [-0.15, -0.1) is 0 Å². The number of para-hydroxylation sites is 1. The highest BCUT2D eigenvalue weighted by Gasteiger charge is 2.25. The third kappa shape index (κ3) is 2.33. The molecule has 0 saturated carbocycles. The van der Waals surface area contributed by atoms with Gasteiger partial charge in [0.15, 0.2) is 5.84 Å². The molecule has 6 nitrogen and oxygen atoms in total. The molecule has 1 atom stereocenters. The molecule has 6 heteroatoms. The molecule has 0 fully saturated rings. The van der Waals surface area contributed by atoms with Gasteiger partial charge in [-0.3, -0.25) is 0 Å². The molecule has 0 amide bonds. The minimum atomic E-state index is 0.109. The minimum absolute atomic E-state index is 0.109. The molecule has 0 radical (unpaired) electrons. The number of fused-ring (bicyclic) bond motifs is 3. The van der Waals surface area contributed by atoms with Gasteiger partial charge in [-0.25, -0.2) is 5.84 Å². The topological polar surface area (TPSA) is 104 Å². The summed E-state index contributed by atoms with van der Waals surface area (Å²) < 4.78 is 0. The summed E-state index contributed by atoms with van der Waals surface area (Å²) in [5, 5.41) is 8.60. The Balaban J connectivity index is 1.81. The van der Waals surface area contributed by atoms with Gasteiger partial charge in [-0.05, 0) is 29.7 Å². The molecule has 1 unspecified atom stereocenters. The van der Waals surface area contributed by atoms with E-state index in [9.17, 15) is 0 Å². The number of hydrogen-bond acceptors (Lipinski definition) is 4. The van der Waals surface area contributed by atoms with Crippen LogP contribution >= 0.6 is 0 Å². The first kappa shape index (κ1) is 14.7. The largest absolute Gasteiger partial charge is 0.357 e. The Kier molecular flexibility index (Phi) is 3.68. The molecular weight excluding hydrogens is 300 g/mol. The van der Waals surface area contributed by atoms with Crippen LogP contribution in [-0.4, -0.2) is 17.4 Å². The summed E-state index contributed by atoms with van der Waals surface area (Å²) in [5.41, 5.74) is 8.35. The van der Waals surface area contributed by atoms with Crippen molar-refractivity contribution in [2.24, 2.45) is 16.8 Å². The normalized spacial score (nSPS) is 17.7. The minimum Gasteiger partial charge on any atom is -0.357 e. The van der Waals surface area contributed by atoms with Gasteiger partial charge < -0.3 is 21.6 Å². The lowest BCUT2D eigenvalue weighted by molar-refractivity contribution is 0.560. The number of hydrazone groups is 1. The molecule has 0 spiro atoms. The maximum absolute atomic E-state index is 5.49. The van der Waals surface area contributed by atoms with E-state index >= 15 is 0 Å². The van der Waals surface area contributed by atoms with E-state index in [1.165, 1.54) is 22.2 Å². The number of hydrogen-bond donors (Lipinski definition) is 5. The van der Waals surface area contributed by atoms with Gasteiger partial charge in [-0.2, -0.15) is 5.10 Å². The van der Waals surface area contributed by atoms with Crippen molar-refractivity contribution >= 4 is 16.7 Å². The van der Waals surface area contributed by atoms with E-state index in [0.717, 1.165) is 24.1 Å². The lowest BCUT2D eigenvalue weighted by Crippen LogP contribution is -2.33. The van der Waals surface area contributed by atoms with Crippen molar-refractivity contribution in [1.29, 1.82) is 0 Å². The van der Waals surface area contributed by atoms with Crippen LogP contribution in [-0.2, 0) is 6.42 Å². The Morgan fingerprint density at radius 3 is 2.88 bits per heavy atom. The molecule has 4 rings (SSSR count). The first-order chi connectivity index (χ1) is 11.8. The average molecular weight is 320 g/mol. The number of aromatic nitrogens is 1. The van der Waals surface area contributed by atoms with Crippen LogP contribution in [0.1, 0.15) is 28.4 Å². The van der Waals surface area contributed by atoms with Crippen LogP contribution in [0.2, 0.25) is 0 Å². The highest BCUT2D eigenvalue weighted by molar-refractivity contribution is 5.98. The second-order valence-electron chi connectivity index (χ2n) is 5.95. The fourth-order valence-electron chi connectivity index (χ4n) is 3.53. The van der Waals surface area contributed by atoms with Gasteiger partial charge in [0.1, 0.15) is 0 Å². The number of aromatic amines is 1. The van der Waals surface area contributed by atoms with Crippen molar-refractivity contribution in [3.8, 4) is 0 Å². The number of benzene rings is 2. The zero-order valence-corrected chi connectivity index (χ0v) is 13.2. The van der Waals surface area contributed by atoms with Crippen LogP contribution in [0.3, 0.4) is 0 Å². The van der Waals surface area contributed by atoms with E-state index in [0.29, 0.717) is 5.84 Å². The first-order valence-electron chi connectivity index (χ1n) is 7.99. The quantitative estimate of drug-likeness (QED) is 0.213. The van der Waals surface area contributed by atoms with Crippen molar-refractivity contribution < 1.29 is 0 Å². The lowest BCUT2D eigenvalue weighted by atomic mass is 9.93. The number of hydrazine groups is 1. The smallest absolute Gasteiger partial charge is 0.166 e. The summed E-state index contributed by atoms with van der Waals surface area (Å²) in [7, 11) is 0. The predicted octanol–water partition coefficient (Wildman–Crippen LogP) is 1.49. The SMILES string of the molecule is NN=C(NN)c1cccc(C2NCCc3c2[nH]c2ccccc32)c1. The molecule has 0 bridgehead atoms. The third-order valence-electron chi connectivity index (χ3n) is 4.62. The maximum Gasteiger partial charge on any atom is 0.166 e. The molecule has 1 aromatic heterocycles. The lowest BCUT2D eigenvalue weighted by Gasteiger charge is -2.25. The molecule has 1 aliphatic heterocycles. The van der Waals surface area contributed by atoms with Crippen molar-refractivity contribution in [2.75, 3.05) is 6.54 Å². The van der Waals surface area contributed by atoms with Crippen LogP contribution < -0.4 is 22.4 Å². The van der Waals surface area contributed by atoms with Crippen molar-refractivity contribution in [3.05, 3.63) is 70.9 Å². The maximum atomic E-state index is 5.49. The molecule has 0 saturated heterocycles. The van der Waals surface area contributed by atoms with E-state index in [2.05, 4.69) is 57.2 Å². The highest BCUT2D eigenvalue weighted by atomic mass is 15.3. The molecule has 3 aromatic rings. The molecular formula is C18H20N6. The van der Waals surface area contributed by atoms with E-state index in [4.69, 9.17) is 11.7 Å². The number of amidine groups is 1. The number of nitrogens with zero attached hydrogens (tertiary/aromatic N) is 1. The Hall–Kier alpha value is -2.83. The van der Waals surface area contributed by atoms with E-state index in [1.54, 1.807) is 0 Å². The van der Waals surface area contributed by atoms with E-state index in [-0.39, 0.29) is 6.04 Å². The van der Waals surface area contributed by atoms with E-state index < -0.39 is 0 Å². The second kappa shape index (κ2) is 5.99. The Labute approximate surface area is 139 Å². The summed E-state index contributed by atoms with van der Waals surface area (Å²) in [6.45, 7) is 0.941. The number of nitrogens with two attached hydrogens (primary N) is 2. The van der Waals surface area contributed by atoms with Crippen molar-refractivity contribution in [1.82, 2.24) is 15.7 Å². The van der Waals surface area contributed by atoms with Gasteiger partial charge in [0.2, 0.25) is 0 Å². The van der Waals surface area contributed by atoms with Crippen LogP contribution in [0.4, 0.5) is 0 Å². The van der Waals surface area contributed by atoms with Gasteiger partial charge in [-0.1, -0.05) is 36.4 Å². The Morgan fingerprint density at radius 1 is 1.17 bits per heavy atom. The van der Waals surface area contributed by atoms with Gasteiger partial charge in [0.05, 0.1) is 6.04 Å². The number of H-pyrrole nitrogens is 1. The second-order valence-corrected chi connectivity index (χ2v) is 5.95. The van der Waals surface area contributed by atoms with Crippen LogP contribution in [0.25, 0.3) is 10.9 Å². The van der Waals surface area contributed by atoms with Crippen LogP contribution in [0.15, 0.2) is 53.6 Å². The molecule has 2 heterocycles. The Morgan fingerprint density at radius 2 is 2.04 bits per heavy atom. The first-order valence-corrected chi connectivity index (χ1v) is 7.99.